The second kappa shape index (κ2) is 5.93. The highest BCUT2D eigenvalue weighted by Gasteiger charge is 2.51. The molecule has 1 aliphatic carbocycles. The lowest BCUT2D eigenvalue weighted by atomic mass is 9.66. The van der Waals surface area contributed by atoms with E-state index in [2.05, 4.69) is 91.0 Å². The number of rotatable bonds is 0. The molecule has 2 heteroatoms. The minimum absolute atomic E-state index is 0.454. The molecule has 0 radical (unpaired) electrons. The molecule has 0 saturated carbocycles. The van der Waals surface area contributed by atoms with Crippen molar-refractivity contribution in [2.75, 3.05) is 0 Å². The number of hydrogen-bond donors (Lipinski definition) is 0. The first kappa shape index (κ1) is 17.3. The molecule has 8 rings (SSSR count). The quantitative estimate of drug-likeness (QED) is 0.247. The van der Waals surface area contributed by atoms with Gasteiger partial charge in [0.2, 0.25) is 0 Å². The molecule has 0 fully saturated rings. The summed E-state index contributed by atoms with van der Waals surface area (Å²) in [4.78, 5) is 0. The van der Waals surface area contributed by atoms with Crippen molar-refractivity contribution in [3.05, 3.63) is 131 Å². The maximum atomic E-state index is 6.64. The van der Waals surface area contributed by atoms with Crippen molar-refractivity contribution in [3.8, 4) is 22.6 Å². The maximum Gasteiger partial charge on any atom is 0.178 e. The summed E-state index contributed by atoms with van der Waals surface area (Å²) in [7, 11) is 0. The van der Waals surface area contributed by atoms with E-state index >= 15 is 0 Å². The molecular formula is C31H18O2. The summed E-state index contributed by atoms with van der Waals surface area (Å²) in [5, 5.41) is 2.19. The van der Waals surface area contributed by atoms with Crippen LogP contribution in [0.4, 0.5) is 0 Å². The second-order valence-corrected chi connectivity index (χ2v) is 8.86. The fourth-order valence-electron chi connectivity index (χ4n) is 6.10. The van der Waals surface area contributed by atoms with Crippen LogP contribution in [0, 0.1) is 0 Å². The third-order valence-electron chi connectivity index (χ3n) is 7.36. The predicted octanol–water partition coefficient (Wildman–Crippen LogP) is 8.05. The highest BCUT2D eigenvalue weighted by atomic mass is 16.5. The third-order valence-corrected chi connectivity index (χ3v) is 7.36. The van der Waals surface area contributed by atoms with Crippen LogP contribution in [0.2, 0.25) is 0 Å². The number of benzene rings is 5. The van der Waals surface area contributed by atoms with Crippen molar-refractivity contribution in [1.29, 1.82) is 0 Å². The summed E-state index contributed by atoms with van der Waals surface area (Å²) in [5.41, 5.74) is 8.67. The zero-order valence-corrected chi connectivity index (χ0v) is 17.7. The van der Waals surface area contributed by atoms with Crippen LogP contribution in [-0.2, 0) is 5.41 Å². The normalized spacial score (nSPS) is 14.5. The molecule has 0 N–H and O–H groups in total. The Hall–Kier alpha value is -4.30. The summed E-state index contributed by atoms with van der Waals surface area (Å²) in [6.07, 6.45) is 0. The van der Waals surface area contributed by atoms with Crippen LogP contribution >= 0.6 is 0 Å². The van der Waals surface area contributed by atoms with Crippen LogP contribution in [0.15, 0.2) is 114 Å². The van der Waals surface area contributed by atoms with E-state index < -0.39 is 5.41 Å². The molecule has 2 nitrogen and oxygen atoms in total. The monoisotopic (exact) mass is 422 g/mol. The molecule has 0 atom stereocenters. The van der Waals surface area contributed by atoms with Gasteiger partial charge in [0.25, 0.3) is 0 Å². The lowest BCUT2D eigenvalue weighted by molar-refractivity contribution is 0.432. The Balaban J connectivity index is 1.60. The fourth-order valence-corrected chi connectivity index (χ4v) is 6.10. The van der Waals surface area contributed by atoms with Crippen molar-refractivity contribution >= 4 is 21.9 Å². The number of hydrogen-bond acceptors (Lipinski definition) is 2. The van der Waals surface area contributed by atoms with E-state index in [9.17, 15) is 0 Å². The van der Waals surface area contributed by atoms with Gasteiger partial charge in [-0.25, -0.2) is 0 Å². The molecule has 2 heterocycles. The summed E-state index contributed by atoms with van der Waals surface area (Å²) in [5.74, 6) is 1.69. The first-order chi connectivity index (χ1) is 16.4. The summed E-state index contributed by atoms with van der Waals surface area (Å²) in [6, 6.07) is 38.6. The third kappa shape index (κ3) is 1.96. The zero-order chi connectivity index (χ0) is 21.6. The highest BCUT2D eigenvalue weighted by Crippen LogP contribution is 2.63. The number of para-hydroxylation sites is 2. The highest BCUT2D eigenvalue weighted by molar-refractivity contribution is 6.08. The van der Waals surface area contributed by atoms with E-state index in [-0.39, 0.29) is 0 Å². The largest absolute Gasteiger partial charge is 0.453 e. The Morgan fingerprint density at radius 1 is 0.485 bits per heavy atom. The molecular weight excluding hydrogens is 404 g/mol. The van der Waals surface area contributed by atoms with Gasteiger partial charge in [-0.15, -0.1) is 0 Å². The lowest BCUT2D eigenvalue weighted by Crippen LogP contribution is -2.32. The van der Waals surface area contributed by atoms with Crippen LogP contribution in [0.3, 0.4) is 0 Å². The molecule has 1 spiro atoms. The minimum atomic E-state index is -0.454. The average Bonchev–Trinajstić information content (AvgIpc) is 3.40. The van der Waals surface area contributed by atoms with Gasteiger partial charge in [0.15, 0.2) is 11.3 Å². The first-order valence-electron chi connectivity index (χ1n) is 11.3. The van der Waals surface area contributed by atoms with Crippen LogP contribution in [0.1, 0.15) is 22.3 Å². The molecule has 1 aliphatic heterocycles. The van der Waals surface area contributed by atoms with Crippen LogP contribution in [0.5, 0.6) is 11.5 Å². The molecule has 0 bridgehead atoms. The van der Waals surface area contributed by atoms with Crippen molar-refractivity contribution in [2.45, 2.75) is 5.41 Å². The van der Waals surface area contributed by atoms with Crippen molar-refractivity contribution in [2.24, 2.45) is 0 Å². The van der Waals surface area contributed by atoms with Gasteiger partial charge in [-0.05, 0) is 40.5 Å². The molecule has 0 unspecified atom stereocenters. The molecule has 6 aromatic rings. The number of fused-ring (bicyclic) bond motifs is 13. The van der Waals surface area contributed by atoms with E-state index in [0.29, 0.717) is 0 Å². The summed E-state index contributed by atoms with van der Waals surface area (Å²) in [6.45, 7) is 0. The number of ether oxygens (including phenoxy) is 1. The van der Waals surface area contributed by atoms with Gasteiger partial charge >= 0.3 is 0 Å². The van der Waals surface area contributed by atoms with Crippen molar-refractivity contribution in [3.63, 3.8) is 0 Å². The van der Waals surface area contributed by atoms with Crippen LogP contribution in [-0.4, -0.2) is 0 Å². The van der Waals surface area contributed by atoms with Crippen molar-refractivity contribution in [1.82, 2.24) is 0 Å². The Kier molecular flexibility index (Phi) is 3.11. The van der Waals surface area contributed by atoms with Gasteiger partial charge in [0.1, 0.15) is 11.3 Å². The Bertz CT molecular complexity index is 1710. The Labute approximate surface area is 190 Å². The lowest BCUT2D eigenvalue weighted by Gasteiger charge is -2.39. The van der Waals surface area contributed by atoms with Crippen LogP contribution in [0.25, 0.3) is 33.1 Å². The molecule has 154 valence electrons. The minimum Gasteiger partial charge on any atom is -0.453 e. The van der Waals surface area contributed by atoms with Crippen LogP contribution < -0.4 is 4.74 Å². The van der Waals surface area contributed by atoms with Gasteiger partial charge < -0.3 is 9.15 Å². The van der Waals surface area contributed by atoms with Gasteiger partial charge in [0, 0.05) is 21.9 Å². The smallest absolute Gasteiger partial charge is 0.178 e. The molecule has 2 aliphatic rings. The average molecular weight is 422 g/mol. The molecule has 0 amide bonds. The summed E-state index contributed by atoms with van der Waals surface area (Å²) >= 11 is 0. The topological polar surface area (TPSA) is 22.4 Å². The molecule has 5 aromatic carbocycles. The van der Waals surface area contributed by atoms with E-state index in [1.807, 2.05) is 18.2 Å². The van der Waals surface area contributed by atoms with E-state index in [1.165, 1.54) is 27.8 Å². The molecule has 0 saturated heterocycles. The SMILES string of the molecule is c1ccc2c(c1)Oc1c(ccc3c1oc1ccccc13)C21c2ccccc2-c2ccccc21. The Morgan fingerprint density at radius 3 is 1.91 bits per heavy atom. The van der Waals surface area contributed by atoms with E-state index in [1.54, 1.807) is 0 Å². The number of furan rings is 1. The van der Waals surface area contributed by atoms with E-state index in [0.717, 1.165) is 39.0 Å². The molecule has 1 aromatic heterocycles. The maximum absolute atomic E-state index is 6.64. The summed E-state index contributed by atoms with van der Waals surface area (Å²) < 4.78 is 13.1. The first-order valence-corrected chi connectivity index (χ1v) is 11.3. The van der Waals surface area contributed by atoms with Gasteiger partial charge in [-0.1, -0.05) is 91.0 Å². The van der Waals surface area contributed by atoms with Gasteiger partial charge in [0.05, 0.1) is 5.41 Å². The zero-order valence-electron chi connectivity index (χ0n) is 17.7. The molecule has 33 heavy (non-hydrogen) atoms. The predicted molar refractivity (Wildman–Crippen MR) is 131 cm³/mol. The second-order valence-electron chi connectivity index (χ2n) is 8.86. The van der Waals surface area contributed by atoms with Crippen molar-refractivity contribution < 1.29 is 9.15 Å². The standard InChI is InChI=1S/C31H18O2/c1-4-12-23-19(9-1)20-10-2-5-13-24(20)31(23)25-14-6-8-16-28(25)33-30-26(31)18-17-22-21-11-3-7-15-27(21)32-29(22)30/h1-18H. The fraction of sp³-hybridized carbons (Fsp3) is 0.0323. The van der Waals surface area contributed by atoms with Gasteiger partial charge in [-0.3, -0.25) is 0 Å². The van der Waals surface area contributed by atoms with Gasteiger partial charge in [-0.2, -0.15) is 0 Å². The van der Waals surface area contributed by atoms with E-state index in [4.69, 9.17) is 9.15 Å². The Morgan fingerprint density at radius 2 is 1.12 bits per heavy atom.